The molecule has 0 saturated carbocycles. The first kappa shape index (κ1) is 15.8. The monoisotopic (exact) mass is 290 g/mol. The first-order valence-corrected chi connectivity index (χ1v) is 7.72. The van der Waals surface area contributed by atoms with E-state index in [1.807, 2.05) is 37.1 Å². The summed E-state index contributed by atoms with van der Waals surface area (Å²) in [7, 11) is 3.49. The highest BCUT2D eigenvalue weighted by Crippen LogP contribution is 2.22. The van der Waals surface area contributed by atoms with E-state index in [0.717, 1.165) is 37.5 Å². The minimum absolute atomic E-state index is 0.0458. The Morgan fingerprint density at radius 2 is 2.10 bits per heavy atom. The third-order valence-corrected chi connectivity index (χ3v) is 4.26. The van der Waals surface area contributed by atoms with Crippen LogP contribution in [0, 0.1) is 12.8 Å². The van der Waals surface area contributed by atoms with Crippen LogP contribution in [0.15, 0.2) is 18.2 Å². The smallest absolute Gasteiger partial charge is 0.257 e. The van der Waals surface area contributed by atoms with Crippen LogP contribution in [0.1, 0.15) is 35.2 Å². The van der Waals surface area contributed by atoms with Gasteiger partial charge in [-0.05, 0) is 57.3 Å². The van der Waals surface area contributed by atoms with Gasteiger partial charge in [-0.2, -0.15) is 0 Å². The van der Waals surface area contributed by atoms with Gasteiger partial charge in [0.25, 0.3) is 5.91 Å². The molecule has 116 valence electrons. The number of nitrogens with one attached hydrogen (secondary N) is 1. The lowest BCUT2D eigenvalue weighted by Gasteiger charge is -2.25. The van der Waals surface area contributed by atoms with Crippen molar-refractivity contribution in [1.82, 2.24) is 10.2 Å². The fraction of sp³-hybridized carbons (Fsp3) is 0.588. The number of benzene rings is 1. The molecule has 1 amide bonds. The SMILES string of the molecule is COc1ccc(C)cc1C(=O)N(C)CCC1CCNCC1. The van der Waals surface area contributed by atoms with Crippen molar-refractivity contribution in [2.45, 2.75) is 26.2 Å². The number of carbonyl (C=O) groups excluding carboxylic acids is 1. The van der Waals surface area contributed by atoms with E-state index in [1.165, 1.54) is 12.8 Å². The minimum Gasteiger partial charge on any atom is -0.496 e. The fourth-order valence-electron chi connectivity index (χ4n) is 2.84. The first-order valence-electron chi connectivity index (χ1n) is 7.72. The molecule has 0 aromatic heterocycles. The summed E-state index contributed by atoms with van der Waals surface area (Å²) in [5.41, 5.74) is 1.73. The zero-order chi connectivity index (χ0) is 15.2. The van der Waals surface area contributed by atoms with E-state index < -0.39 is 0 Å². The summed E-state index contributed by atoms with van der Waals surface area (Å²) in [5, 5.41) is 3.38. The van der Waals surface area contributed by atoms with Gasteiger partial charge in [-0.1, -0.05) is 11.6 Å². The molecule has 21 heavy (non-hydrogen) atoms. The summed E-state index contributed by atoms with van der Waals surface area (Å²) in [6, 6.07) is 5.73. The average Bonchev–Trinajstić information content (AvgIpc) is 2.52. The zero-order valence-corrected chi connectivity index (χ0v) is 13.3. The second-order valence-electron chi connectivity index (χ2n) is 5.91. The van der Waals surface area contributed by atoms with E-state index >= 15 is 0 Å². The van der Waals surface area contributed by atoms with E-state index in [9.17, 15) is 4.79 Å². The Morgan fingerprint density at radius 1 is 1.38 bits per heavy atom. The van der Waals surface area contributed by atoms with E-state index in [1.54, 1.807) is 7.11 Å². The van der Waals surface area contributed by atoms with Gasteiger partial charge in [0.1, 0.15) is 5.75 Å². The Kier molecular flexibility index (Phi) is 5.62. The second kappa shape index (κ2) is 7.46. The van der Waals surface area contributed by atoms with E-state index in [4.69, 9.17) is 4.74 Å². The highest BCUT2D eigenvalue weighted by atomic mass is 16.5. The summed E-state index contributed by atoms with van der Waals surface area (Å²) >= 11 is 0. The van der Waals surface area contributed by atoms with Crippen molar-refractivity contribution in [2.24, 2.45) is 5.92 Å². The molecule has 0 spiro atoms. The highest BCUT2D eigenvalue weighted by molar-refractivity contribution is 5.97. The Morgan fingerprint density at radius 3 is 2.76 bits per heavy atom. The van der Waals surface area contributed by atoms with Crippen molar-refractivity contribution >= 4 is 5.91 Å². The maximum atomic E-state index is 12.6. The molecule has 2 rings (SSSR count). The molecular formula is C17H26N2O2. The fourth-order valence-corrected chi connectivity index (χ4v) is 2.84. The van der Waals surface area contributed by atoms with Crippen LogP contribution in [0.3, 0.4) is 0 Å². The summed E-state index contributed by atoms with van der Waals surface area (Å²) in [6.45, 7) is 5.01. The number of carbonyl (C=O) groups is 1. The van der Waals surface area contributed by atoms with Gasteiger partial charge in [0.15, 0.2) is 0 Å². The van der Waals surface area contributed by atoms with Gasteiger partial charge in [-0.25, -0.2) is 0 Å². The summed E-state index contributed by atoms with van der Waals surface area (Å²) < 4.78 is 5.31. The average molecular weight is 290 g/mol. The Hall–Kier alpha value is -1.55. The largest absolute Gasteiger partial charge is 0.496 e. The zero-order valence-electron chi connectivity index (χ0n) is 13.3. The number of ether oxygens (including phenoxy) is 1. The van der Waals surface area contributed by atoms with Crippen molar-refractivity contribution in [1.29, 1.82) is 0 Å². The number of piperidine rings is 1. The van der Waals surface area contributed by atoms with E-state index in [-0.39, 0.29) is 5.91 Å². The van der Waals surface area contributed by atoms with Gasteiger partial charge >= 0.3 is 0 Å². The Labute approximate surface area is 127 Å². The maximum Gasteiger partial charge on any atom is 0.257 e. The van der Waals surface area contributed by atoms with Gasteiger partial charge in [0.05, 0.1) is 12.7 Å². The van der Waals surface area contributed by atoms with Gasteiger partial charge < -0.3 is 15.0 Å². The molecule has 1 aliphatic rings. The Bertz CT molecular complexity index is 482. The summed E-state index contributed by atoms with van der Waals surface area (Å²) in [4.78, 5) is 14.4. The molecule has 1 aromatic carbocycles. The predicted molar refractivity (Wildman–Crippen MR) is 84.9 cm³/mol. The van der Waals surface area contributed by atoms with Crippen LogP contribution in [0.25, 0.3) is 0 Å². The molecular weight excluding hydrogens is 264 g/mol. The van der Waals surface area contributed by atoms with Crippen LogP contribution in [0.5, 0.6) is 5.75 Å². The van der Waals surface area contributed by atoms with Crippen molar-refractivity contribution in [3.8, 4) is 5.75 Å². The van der Waals surface area contributed by atoms with E-state index in [0.29, 0.717) is 11.3 Å². The Balaban J connectivity index is 1.96. The lowest BCUT2D eigenvalue weighted by molar-refractivity contribution is 0.0781. The quantitative estimate of drug-likeness (QED) is 0.906. The van der Waals surface area contributed by atoms with Crippen LogP contribution in [-0.2, 0) is 0 Å². The number of aryl methyl sites for hydroxylation is 1. The number of nitrogens with zero attached hydrogens (tertiary/aromatic N) is 1. The van der Waals surface area contributed by atoms with Crippen molar-refractivity contribution < 1.29 is 9.53 Å². The lowest BCUT2D eigenvalue weighted by atomic mass is 9.94. The van der Waals surface area contributed by atoms with Crippen LogP contribution >= 0.6 is 0 Å². The molecule has 0 atom stereocenters. The molecule has 1 aliphatic heterocycles. The van der Waals surface area contributed by atoms with Gasteiger partial charge in [0.2, 0.25) is 0 Å². The van der Waals surface area contributed by atoms with Crippen LogP contribution in [0.4, 0.5) is 0 Å². The van der Waals surface area contributed by atoms with Gasteiger partial charge in [-0.15, -0.1) is 0 Å². The molecule has 4 heteroatoms. The van der Waals surface area contributed by atoms with Crippen LogP contribution < -0.4 is 10.1 Å². The van der Waals surface area contributed by atoms with Gasteiger partial charge in [-0.3, -0.25) is 4.79 Å². The third-order valence-electron chi connectivity index (χ3n) is 4.26. The topological polar surface area (TPSA) is 41.6 Å². The van der Waals surface area contributed by atoms with Gasteiger partial charge in [0, 0.05) is 13.6 Å². The maximum absolute atomic E-state index is 12.6. The molecule has 0 radical (unpaired) electrons. The molecule has 1 aromatic rings. The first-order chi connectivity index (χ1) is 10.1. The minimum atomic E-state index is 0.0458. The molecule has 0 aliphatic carbocycles. The summed E-state index contributed by atoms with van der Waals surface area (Å²) in [6.07, 6.45) is 3.52. The molecule has 1 fully saturated rings. The number of hydrogen-bond acceptors (Lipinski definition) is 3. The molecule has 1 heterocycles. The summed E-state index contributed by atoms with van der Waals surface area (Å²) in [5.74, 6) is 1.43. The molecule has 1 N–H and O–H groups in total. The standard InChI is InChI=1S/C17H26N2O2/c1-13-4-5-16(21-3)15(12-13)17(20)19(2)11-8-14-6-9-18-10-7-14/h4-5,12,14,18H,6-11H2,1-3H3. The number of methoxy groups -OCH3 is 1. The number of hydrogen-bond donors (Lipinski definition) is 1. The molecule has 0 bridgehead atoms. The van der Waals surface area contributed by atoms with Crippen LogP contribution in [0.2, 0.25) is 0 Å². The normalized spacial score (nSPS) is 15.8. The van der Waals surface area contributed by atoms with Crippen molar-refractivity contribution in [3.05, 3.63) is 29.3 Å². The molecule has 1 saturated heterocycles. The predicted octanol–water partition coefficient (Wildman–Crippen LogP) is 2.47. The lowest BCUT2D eigenvalue weighted by Crippen LogP contribution is -2.32. The van der Waals surface area contributed by atoms with E-state index in [2.05, 4.69) is 5.32 Å². The van der Waals surface area contributed by atoms with Crippen LogP contribution in [-0.4, -0.2) is 44.6 Å². The van der Waals surface area contributed by atoms with Crippen molar-refractivity contribution in [3.63, 3.8) is 0 Å². The number of rotatable bonds is 5. The van der Waals surface area contributed by atoms with Crippen molar-refractivity contribution in [2.75, 3.05) is 33.8 Å². The second-order valence-corrected chi connectivity index (χ2v) is 5.91. The molecule has 4 nitrogen and oxygen atoms in total. The number of amides is 1. The third kappa shape index (κ3) is 4.21. The highest BCUT2D eigenvalue weighted by Gasteiger charge is 2.19. The molecule has 0 unspecified atom stereocenters.